The van der Waals surface area contributed by atoms with Crippen LogP contribution in [0, 0.1) is 11.3 Å². The summed E-state index contributed by atoms with van der Waals surface area (Å²) < 4.78 is 25.9. The van der Waals surface area contributed by atoms with Crippen LogP contribution in [0.5, 0.6) is 0 Å². The molecule has 258 valence electrons. The van der Waals surface area contributed by atoms with Gasteiger partial charge < -0.3 is 15.1 Å². The number of nitrogens with zero attached hydrogens (tertiary/aromatic N) is 5. The number of nitrogens with one attached hydrogen (secondary N) is 2. The van der Waals surface area contributed by atoms with Gasteiger partial charge in [-0.15, -0.1) is 0 Å². The molecular formula is C35H33Cl2N7O5S. The predicted octanol–water partition coefficient (Wildman–Crippen LogP) is 4.59. The molecule has 2 atom stereocenters. The summed E-state index contributed by atoms with van der Waals surface area (Å²) in [5, 5.41) is 18.0. The Kier molecular flexibility index (Phi) is 10.2. The lowest BCUT2D eigenvalue weighted by atomic mass is 9.99. The number of piperazine rings is 1. The predicted molar refractivity (Wildman–Crippen MR) is 190 cm³/mol. The second-order valence-electron chi connectivity index (χ2n) is 12.2. The van der Waals surface area contributed by atoms with Gasteiger partial charge in [0.2, 0.25) is 21.8 Å². The van der Waals surface area contributed by atoms with Gasteiger partial charge in [-0.25, -0.2) is 18.2 Å². The summed E-state index contributed by atoms with van der Waals surface area (Å²) in [7, 11) is -3.49. The molecule has 15 heteroatoms. The molecule has 2 saturated heterocycles. The number of nitriles is 1. The first-order valence-electron chi connectivity index (χ1n) is 15.7. The minimum atomic E-state index is -3.49. The van der Waals surface area contributed by atoms with E-state index in [1.165, 1.54) is 9.91 Å². The van der Waals surface area contributed by atoms with Crippen LogP contribution in [0.2, 0.25) is 10.0 Å². The highest BCUT2D eigenvalue weighted by Crippen LogP contribution is 2.31. The lowest BCUT2D eigenvalue weighted by molar-refractivity contribution is -0.157. The van der Waals surface area contributed by atoms with Crippen LogP contribution in [-0.2, 0) is 39.1 Å². The smallest absolute Gasteiger partial charge is 0.333 e. The fourth-order valence-electron chi connectivity index (χ4n) is 6.44. The average molecular weight is 735 g/mol. The summed E-state index contributed by atoms with van der Waals surface area (Å²) in [6.45, 7) is -0.144. The van der Waals surface area contributed by atoms with Crippen LogP contribution in [-0.4, -0.2) is 84.2 Å². The van der Waals surface area contributed by atoms with Gasteiger partial charge in [-0.05, 0) is 51.7 Å². The molecular weight excluding hydrogens is 701 g/mol. The maximum absolute atomic E-state index is 14.3. The molecule has 4 amide bonds. The zero-order valence-electron chi connectivity index (χ0n) is 26.9. The van der Waals surface area contributed by atoms with Crippen molar-refractivity contribution in [3.8, 4) is 6.07 Å². The number of hydrogen-bond acceptors (Lipinski definition) is 7. The number of anilines is 1. The van der Waals surface area contributed by atoms with Crippen LogP contribution in [0.1, 0.15) is 16.7 Å². The Bertz CT molecular complexity index is 2100. The lowest BCUT2D eigenvalue weighted by Crippen LogP contribution is -2.66. The van der Waals surface area contributed by atoms with E-state index in [0.717, 1.165) is 22.6 Å². The van der Waals surface area contributed by atoms with Gasteiger partial charge >= 0.3 is 6.03 Å². The zero-order chi connectivity index (χ0) is 35.6. The minimum Gasteiger partial charge on any atom is -0.333 e. The summed E-state index contributed by atoms with van der Waals surface area (Å²) in [6.07, 6.45) is 0.442. The number of urea groups is 1. The van der Waals surface area contributed by atoms with Crippen LogP contribution < -0.4 is 10.0 Å². The Morgan fingerprint density at radius 1 is 0.980 bits per heavy atom. The van der Waals surface area contributed by atoms with Gasteiger partial charge in [0.25, 0.3) is 0 Å². The van der Waals surface area contributed by atoms with E-state index >= 15 is 0 Å². The number of carbonyl (C=O) groups is 3. The normalized spacial score (nSPS) is 17.8. The van der Waals surface area contributed by atoms with E-state index in [-0.39, 0.29) is 51.0 Å². The standard InChI is InChI=1S/C35H33Cl2N7O5S/c1-50(48,49)40-27-12-9-23(10-13-27)18-31-34(46)41(20-26-7-4-6-25-5-2-3-8-28(25)26)21-32-43(22-33(45)44(31)32)42(16-15-38)35(47)39-19-24-11-14-29(36)30(37)17-24/h2-14,17,31-32,40H,16,18-22H2,1H3,(H,39,47)/t31-,32+/m0/s1. The maximum atomic E-state index is 14.3. The molecule has 2 aliphatic heterocycles. The van der Waals surface area contributed by atoms with Crippen molar-refractivity contribution in [3.05, 3.63) is 112 Å². The molecule has 0 aromatic heterocycles. The van der Waals surface area contributed by atoms with Crippen LogP contribution in [0.4, 0.5) is 10.5 Å². The van der Waals surface area contributed by atoms with Gasteiger partial charge in [0, 0.05) is 25.2 Å². The van der Waals surface area contributed by atoms with Crippen LogP contribution in [0.3, 0.4) is 0 Å². The molecule has 0 bridgehead atoms. The highest BCUT2D eigenvalue weighted by molar-refractivity contribution is 7.92. The van der Waals surface area contributed by atoms with Crippen molar-refractivity contribution in [2.45, 2.75) is 31.7 Å². The van der Waals surface area contributed by atoms with E-state index < -0.39 is 28.3 Å². The van der Waals surface area contributed by atoms with E-state index in [0.29, 0.717) is 26.9 Å². The fraction of sp³-hybridized carbons (Fsp3) is 0.257. The molecule has 2 heterocycles. The van der Waals surface area contributed by atoms with Gasteiger partial charge in [-0.1, -0.05) is 83.9 Å². The summed E-state index contributed by atoms with van der Waals surface area (Å²) in [5.41, 5.74) is 2.67. The number of carbonyl (C=O) groups excluding carboxylic acids is 3. The molecule has 50 heavy (non-hydrogen) atoms. The van der Waals surface area contributed by atoms with Gasteiger partial charge in [-0.3, -0.25) is 14.3 Å². The number of sulfonamides is 1. The quantitative estimate of drug-likeness (QED) is 0.227. The molecule has 0 spiro atoms. The number of amides is 4. The van der Waals surface area contributed by atoms with E-state index in [4.69, 9.17) is 23.2 Å². The molecule has 4 aromatic rings. The van der Waals surface area contributed by atoms with Crippen LogP contribution in [0.15, 0.2) is 84.9 Å². The van der Waals surface area contributed by atoms with E-state index in [1.807, 2.05) is 48.5 Å². The van der Waals surface area contributed by atoms with Crippen molar-refractivity contribution < 1.29 is 22.8 Å². The molecule has 4 aromatic carbocycles. The second-order valence-corrected chi connectivity index (χ2v) is 14.7. The largest absolute Gasteiger partial charge is 0.333 e. The Morgan fingerprint density at radius 3 is 2.42 bits per heavy atom. The van der Waals surface area contributed by atoms with Crippen molar-refractivity contribution in [1.29, 1.82) is 5.26 Å². The van der Waals surface area contributed by atoms with Crippen molar-refractivity contribution >= 4 is 67.5 Å². The maximum Gasteiger partial charge on any atom is 0.333 e. The highest BCUT2D eigenvalue weighted by Gasteiger charge is 2.52. The van der Waals surface area contributed by atoms with Gasteiger partial charge in [-0.2, -0.15) is 10.3 Å². The molecule has 2 fully saturated rings. The summed E-state index contributed by atoms with van der Waals surface area (Å²) in [4.78, 5) is 44.9. The first-order valence-corrected chi connectivity index (χ1v) is 18.3. The van der Waals surface area contributed by atoms with Crippen LogP contribution >= 0.6 is 23.2 Å². The third-order valence-corrected chi connectivity index (χ3v) is 10.0. The van der Waals surface area contributed by atoms with E-state index in [2.05, 4.69) is 10.0 Å². The first kappa shape index (κ1) is 35.0. The van der Waals surface area contributed by atoms with Gasteiger partial charge in [0.1, 0.15) is 18.8 Å². The number of fused-ring (bicyclic) bond motifs is 2. The third-order valence-electron chi connectivity index (χ3n) is 8.69. The molecule has 0 unspecified atom stereocenters. The number of rotatable bonds is 10. The average Bonchev–Trinajstić information content (AvgIpc) is 3.41. The number of halogens is 2. The molecule has 0 saturated carbocycles. The third kappa shape index (κ3) is 7.64. The number of hydrogen-bond donors (Lipinski definition) is 2. The van der Waals surface area contributed by atoms with Crippen molar-refractivity contribution in [2.24, 2.45) is 0 Å². The molecule has 0 aliphatic carbocycles. The summed E-state index contributed by atoms with van der Waals surface area (Å²) >= 11 is 12.2. The highest BCUT2D eigenvalue weighted by atomic mass is 35.5. The monoisotopic (exact) mass is 733 g/mol. The number of hydrazine groups is 1. The molecule has 2 N–H and O–H groups in total. The lowest BCUT2D eigenvalue weighted by Gasteiger charge is -2.46. The zero-order valence-corrected chi connectivity index (χ0v) is 29.3. The first-order chi connectivity index (χ1) is 23.9. The van der Waals surface area contributed by atoms with E-state index in [1.54, 1.807) is 52.4 Å². The van der Waals surface area contributed by atoms with Gasteiger partial charge in [0.05, 0.1) is 35.5 Å². The second kappa shape index (κ2) is 14.5. The van der Waals surface area contributed by atoms with Crippen molar-refractivity contribution in [1.82, 2.24) is 25.1 Å². The molecule has 12 nitrogen and oxygen atoms in total. The number of benzene rings is 4. The Balaban J connectivity index is 1.31. The topological polar surface area (TPSA) is 146 Å². The summed E-state index contributed by atoms with van der Waals surface area (Å²) in [6, 6.07) is 25.8. The Hall–Kier alpha value is -4.87. The fourth-order valence-corrected chi connectivity index (χ4v) is 7.32. The molecule has 6 rings (SSSR count). The minimum absolute atomic E-state index is 0.0868. The van der Waals surface area contributed by atoms with Crippen LogP contribution in [0.25, 0.3) is 10.8 Å². The molecule has 2 aliphatic rings. The Morgan fingerprint density at radius 2 is 1.70 bits per heavy atom. The van der Waals surface area contributed by atoms with Gasteiger partial charge in [0.15, 0.2) is 0 Å². The molecule has 0 radical (unpaired) electrons. The Labute approximate surface area is 299 Å². The van der Waals surface area contributed by atoms with E-state index in [9.17, 15) is 28.1 Å². The van der Waals surface area contributed by atoms with Crippen molar-refractivity contribution in [2.75, 3.05) is 30.6 Å². The summed E-state index contributed by atoms with van der Waals surface area (Å²) in [5.74, 6) is -0.632. The van der Waals surface area contributed by atoms with Crippen molar-refractivity contribution in [3.63, 3.8) is 0 Å². The SMILES string of the molecule is CS(=O)(=O)Nc1ccc(C[C@H]2C(=O)N(Cc3cccc4ccccc34)C[C@H]3N2C(=O)CN3N(CC#N)C(=O)NCc2ccc(Cl)c(Cl)c2)cc1.